The number of benzene rings is 1. The third-order valence-electron chi connectivity index (χ3n) is 4.31. The summed E-state index contributed by atoms with van der Waals surface area (Å²) in [5, 5.41) is 3.32. The minimum atomic E-state index is -3.67. The normalized spacial score (nSPS) is 14.9. The summed E-state index contributed by atoms with van der Waals surface area (Å²) >= 11 is 6.02. The van der Waals surface area contributed by atoms with Crippen molar-refractivity contribution in [1.82, 2.24) is 10.2 Å². The fourth-order valence-corrected chi connectivity index (χ4v) is 3.02. The molecule has 2 rings (SSSR count). The van der Waals surface area contributed by atoms with E-state index in [1.807, 2.05) is 11.8 Å². The molecule has 0 radical (unpaired) electrons. The van der Waals surface area contributed by atoms with Crippen LogP contribution in [0.5, 0.6) is 5.75 Å². The molecule has 0 saturated carbocycles. The molecule has 31 heavy (non-hydrogen) atoms. The van der Waals surface area contributed by atoms with E-state index >= 15 is 0 Å². The fraction of sp³-hybridized carbons (Fsp3) is 0.579. The number of methoxy groups -OCH3 is 1. The standard InChI is InChI=1S/C18H26ClN3O4.CH4O3S/c1-3-8-26-17(23)11-22-6-4-12(5-7-22)21-18(24)13-9-14(19)15(20)10-16(13)25-2;1-5(2,3)4/h9-10,12H,3-8,11,20H2,1-2H3,(H,21,24);1H3,(H,2,3,4). The highest BCUT2D eigenvalue weighted by Gasteiger charge is 2.24. The van der Waals surface area contributed by atoms with Gasteiger partial charge in [-0.2, -0.15) is 8.42 Å². The number of nitrogens with zero attached hydrogens (tertiary/aromatic N) is 1. The van der Waals surface area contributed by atoms with Gasteiger partial charge in [-0.05, 0) is 25.3 Å². The minimum Gasteiger partial charge on any atom is -0.496 e. The number of piperidine rings is 1. The van der Waals surface area contributed by atoms with E-state index in [1.165, 1.54) is 13.2 Å². The average molecular weight is 480 g/mol. The summed E-state index contributed by atoms with van der Waals surface area (Å²) in [7, 11) is -2.18. The van der Waals surface area contributed by atoms with Gasteiger partial charge >= 0.3 is 5.97 Å². The van der Waals surface area contributed by atoms with Crippen molar-refractivity contribution in [3.8, 4) is 5.75 Å². The maximum atomic E-state index is 12.6. The fourth-order valence-electron chi connectivity index (χ4n) is 2.86. The first kappa shape index (κ1) is 27.0. The number of hydrogen-bond donors (Lipinski definition) is 3. The Hall–Kier alpha value is -2.08. The summed E-state index contributed by atoms with van der Waals surface area (Å²) in [6, 6.07) is 3.09. The number of ether oxygens (including phenoxy) is 2. The van der Waals surface area contributed by atoms with Crippen molar-refractivity contribution < 1.29 is 32.0 Å². The van der Waals surface area contributed by atoms with Crippen LogP contribution in [0.25, 0.3) is 0 Å². The Morgan fingerprint density at radius 1 is 1.32 bits per heavy atom. The third kappa shape index (κ3) is 10.7. The van der Waals surface area contributed by atoms with E-state index in [2.05, 4.69) is 5.32 Å². The molecule has 1 saturated heterocycles. The smallest absolute Gasteiger partial charge is 0.320 e. The lowest BCUT2D eigenvalue weighted by Crippen LogP contribution is -2.46. The largest absolute Gasteiger partial charge is 0.496 e. The van der Waals surface area contributed by atoms with Crippen LogP contribution in [0.1, 0.15) is 36.5 Å². The molecular weight excluding hydrogens is 450 g/mol. The predicted octanol–water partition coefficient (Wildman–Crippen LogP) is 1.58. The second-order valence-corrected chi connectivity index (χ2v) is 8.92. The van der Waals surface area contributed by atoms with Gasteiger partial charge in [-0.3, -0.25) is 19.0 Å². The summed E-state index contributed by atoms with van der Waals surface area (Å²) in [6.45, 7) is 4.17. The van der Waals surface area contributed by atoms with Gasteiger partial charge in [0.2, 0.25) is 0 Å². The monoisotopic (exact) mass is 479 g/mol. The van der Waals surface area contributed by atoms with E-state index in [1.54, 1.807) is 6.07 Å². The molecule has 1 aromatic carbocycles. The van der Waals surface area contributed by atoms with Crippen molar-refractivity contribution in [1.29, 1.82) is 0 Å². The van der Waals surface area contributed by atoms with E-state index in [0.29, 0.717) is 41.4 Å². The minimum absolute atomic E-state index is 0.0337. The van der Waals surface area contributed by atoms with Crippen LogP contribution in [-0.4, -0.2) is 75.4 Å². The molecule has 176 valence electrons. The Morgan fingerprint density at radius 2 is 1.90 bits per heavy atom. The Morgan fingerprint density at radius 3 is 2.42 bits per heavy atom. The zero-order valence-corrected chi connectivity index (χ0v) is 19.5. The highest BCUT2D eigenvalue weighted by Crippen LogP contribution is 2.29. The quantitative estimate of drug-likeness (QED) is 0.301. The first-order valence-corrected chi connectivity index (χ1v) is 11.9. The number of esters is 1. The lowest BCUT2D eigenvalue weighted by Gasteiger charge is -2.31. The molecule has 0 unspecified atom stereocenters. The van der Waals surface area contributed by atoms with Crippen LogP contribution >= 0.6 is 11.6 Å². The van der Waals surface area contributed by atoms with Crippen LogP contribution in [-0.2, 0) is 19.6 Å². The van der Waals surface area contributed by atoms with E-state index in [9.17, 15) is 18.0 Å². The van der Waals surface area contributed by atoms with Crippen molar-refractivity contribution in [2.24, 2.45) is 0 Å². The van der Waals surface area contributed by atoms with Crippen LogP contribution in [0.3, 0.4) is 0 Å². The Kier molecular flexibility index (Phi) is 11.0. The summed E-state index contributed by atoms with van der Waals surface area (Å²) in [4.78, 5) is 26.3. The second kappa shape index (κ2) is 12.7. The number of hydrogen-bond acceptors (Lipinski definition) is 8. The molecule has 1 aliphatic rings. The molecule has 1 heterocycles. The Bertz CT molecular complexity index is 848. The second-order valence-electron chi connectivity index (χ2n) is 7.05. The first-order chi connectivity index (χ1) is 14.4. The molecule has 0 aromatic heterocycles. The van der Waals surface area contributed by atoms with Crippen molar-refractivity contribution >= 4 is 39.3 Å². The highest BCUT2D eigenvalue weighted by atomic mass is 35.5. The lowest BCUT2D eigenvalue weighted by atomic mass is 10.0. The summed E-state index contributed by atoms with van der Waals surface area (Å²) in [5.41, 5.74) is 6.47. The number of anilines is 1. The topological polar surface area (TPSA) is 148 Å². The van der Waals surface area contributed by atoms with Gasteiger partial charge in [-0.15, -0.1) is 0 Å². The average Bonchev–Trinajstić information content (AvgIpc) is 2.68. The summed E-state index contributed by atoms with van der Waals surface area (Å²) < 4.78 is 36.2. The van der Waals surface area contributed by atoms with Crippen molar-refractivity contribution in [2.75, 3.05) is 45.3 Å². The maximum Gasteiger partial charge on any atom is 0.320 e. The number of amides is 1. The van der Waals surface area contributed by atoms with E-state index in [4.69, 9.17) is 31.4 Å². The number of nitrogen functional groups attached to an aromatic ring is 1. The van der Waals surface area contributed by atoms with Gasteiger partial charge in [0.15, 0.2) is 0 Å². The zero-order valence-electron chi connectivity index (χ0n) is 17.9. The molecule has 1 aliphatic heterocycles. The van der Waals surface area contributed by atoms with Crippen LogP contribution < -0.4 is 15.8 Å². The molecule has 12 heteroatoms. The van der Waals surface area contributed by atoms with Crippen LogP contribution in [0, 0.1) is 0 Å². The first-order valence-electron chi connectivity index (χ1n) is 9.68. The third-order valence-corrected chi connectivity index (χ3v) is 4.63. The van der Waals surface area contributed by atoms with E-state index in [0.717, 1.165) is 32.4 Å². The number of halogens is 1. The maximum absolute atomic E-state index is 12.6. The van der Waals surface area contributed by atoms with Crippen molar-refractivity contribution in [2.45, 2.75) is 32.2 Å². The van der Waals surface area contributed by atoms with Gasteiger partial charge in [0.1, 0.15) is 5.75 Å². The molecule has 0 atom stereocenters. The van der Waals surface area contributed by atoms with Crippen molar-refractivity contribution in [3.05, 3.63) is 22.7 Å². The predicted molar refractivity (Wildman–Crippen MR) is 118 cm³/mol. The van der Waals surface area contributed by atoms with Gasteiger partial charge < -0.3 is 20.5 Å². The van der Waals surface area contributed by atoms with Gasteiger partial charge in [0.25, 0.3) is 16.0 Å². The molecule has 0 aliphatic carbocycles. The number of carbonyl (C=O) groups excluding carboxylic acids is 2. The number of nitrogens with two attached hydrogens (primary N) is 1. The molecule has 1 fully saturated rings. The highest BCUT2D eigenvalue weighted by molar-refractivity contribution is 7.85. The molecule has 10 nitrogen and oxygen atoms in total. The number of likely N-dealkylation sites (tertiary alicyclic amines) is 1. The molecule has 1 amide bonds. The van der Waals surface area contributed by atoms with Gasteiger partial charge in [0, 0.05) is 25.2 Å². The van der Waals surface area contributed by atoms with E-state index in [-0.39, 0.29) is 17.9 Å². The Balaban J connectivity index is 0.000000861. The molecular formula is C19H30ClN3O7S. The zero-order chi connectivity index (χ0) is 23.6. The number of carbonyl (C=O) groups is 2. The van der Waals surface area contributed by atoms with E-state index < -0.39 is 10.1 Å². The molecule has 1 aromatic rings. The molecule has 4 N–H and O–H groups in total. The van der Waals surface area contributed by atoms with Crippen LogP contribution in [0.2, 0.25) is 5.02 Å². The van der Waals surface area contributed by atoms with Gasteiger partial charge in [-0.25, -0.2) is 0 Å². The van der Waals surface area contributed by atoms with Gasteiger partial charge in [0.05, 0.1) is 42.8 Å². The number of rotatable bonds is 7. The summed E-state index contributed by atoms with van der Waals surface area (Å²) in [5.74, 6) is -0.0550. The van der Waals surface area contributed by atoms with Crippen molar-refractivity contribution in [3.63, 3.8) is 0 Å². The molecule has 0 bridgehead atoms. The lowest BCUT2D eigenvalue weighted by molar-refractivity contribution is -0.145. The Labute approximate surface area is 187 Å². The number of nitrogens with one attached hydrogen (secondary N) is 1. The van der Waals surface area contributed by atoms with Crippen LogP contribution in [0.15, 0.2) is 12.1 Å². The van der Waals surface area contributed by atoms with Gasteiger partial charge in [-0.1, -0.05) is 18.5 Å². The SMILES string of the molecule is CCCOC(=O)CN1CCC(NC(=O)c2cc(Cl)c(N)cc2OC)CC1.CS(=O)(=O)O. The molecule has 0 spiro atoms. The summed E-state index contributed by atoms with van der Waals surface area (Å²) in [6.07, 6.45) is 3.06. The van der Waals surface area contributed by atoms with Crippen LogP contribution in [0.4, 0.5) is 5.69 Å².